The maximum Gasteiger partial charge on any atom is 0.0258 e. The Kier molecular flexibility index (Phi) is 2.12. The maximum absolute atomic E-state index is 6.87. The van der Waals surface area contributed by atoms with Crippen LogP contribution in [-0.4, -0.2) is 0 Å². The molecule has 0 amide bonds. The van der Waals surface area contributed by atoms with E-state index < -0.39 is 0 Å². The van der Waals surface area contributed by atoms with E-state index in [1.807, 2.05) is 18.2 Å². The minimum Gasteiger partial charge on any atom is -0.0613 e. The van der Waals surface area contributed by atoms with Gasteiger partial charge in [0.1, 0.15) is 0 Å². The third kappa shape index (κ3) is 1.39. The molecule has 0 saturated carbocycles. The zero-order chi connectivity index (χ0) is 7.40. The van der Waals surface area contributed by atoms with Crippen molar-refractivity contribution < 1.29 is 0 Å². The summed E-state index contributed by atoms with van der Waals surface area (Å²) in [5.41, 5.74) is 2.12. The van der Waals surface area contributed by atoms with Crippen LogP contribution in [0.15, 0.2) is 24.3 Å². The largest absolute Gasteiger partial charge is 0.0613 e. The highest BCUT2D eigenvalue weighted by atomic mass is 13.9. The van der Waals surface area contributed by atoms with E-state index in [4.69, 9.17) is 6.42 Å². The van der Waals surface area contributed by atoms with Crippen LogP contribution in [0.3, 0.4) is 0 Å². The Bertz CT molecular complexity index is 253. The number of benzene rings is 1. The molecule has 10 heavy (non-hydrogen) atoms. The van der Waals surface area contributed by atoms with Crippen LogP contribution >= 0.6 is 0 Å². The summed E-state index contributed by atoms with van der Waals surface area (Å²) in [6, 6.07) is 7.87. The lowest BCUT2D eigenvalue weighted by Crippen LogP contribution is -1.80. The predicted octanol–water partition coefficient (Wildman–Crippen LogP) is 2.19. The first-order valence-electron chi connectivity index (χ1n) is 3.38. The van der Waals surface area contributed by atoms with Crippen molar-refractivity contribution in [1.29, 1.82) is 0 Å². The summed E-state index contributed by atoms with van der Waals surface area (Å²) in [5, 5.41) is 0. The molecule has 0 heteroatoms. The first-order chi connectivity index (χ1) is 4.86. The van der Waals surface area contributed by atoms with Gasteiger partial charge >= 0.3 is 0 Å². The Morgan fingerprint density at radius 1 is 1.50 bits per heavy atom. The molecule has 0 aliphatic rings. The van der Waals surface area contributed by atoms with E-state index in [0.29, 0.717) is 0 Å². The van der Waals surface area contributed by atoms with E-state index in [1.54, 1.807) is 0 Å². The third-order valence-corrected chi connectivity index (χ3v) is 1.48. The Hall–Kier alpha value is -1.22. The molecular formula is C10H9. The van der Waals surface area contributed by atoms with Gasteiger partial charge in [-0.25, -0.2) is 0 Å². The first kappa shape index (κ1) is 6.89. The fourth-order valence-electron chi connectivity index (χ4n) is 0.869. The van der Waals surface area contributed by atoms with Crippen molar-refractivity contribution in [2.24, 2.45) is 0 Å². The molecule has 0 saturated heterocycles. The molecule has 0 aliphatic carbocycles. The standard InChI is InChI=1S/C10H9/c1-3-9-6-5-7-10(4-2)8-9/h5-8H,3H2,1H3. The van der Waals surface area contributed by atoms with Crippen molar-refractivity contribution in [3.05, 3.63) is 41.8 Å². The second kappa shape index (κ2) is 3.08. The Balaban J connectivity index is 3.01. The molecular weight excluding hydrogens is 120 g/mol. The Morgan fingerprint density at radius 3 is 2.90 bits per heavy atom. The Morgan fingerprint density at radius 2 is 2.30 bits per heavy atom. The smallest absolute Gasteiger partial charge is 0.0258 e. The van der Waals surface area contributed by atoms with Crippen LogP contribution in [-0.2, 0) is 6.42 Å². The molecule has 1 radical (unpaired) electrons. The number of hydrogen-bond donors (Lipinski definition) is 0. The van der Waals surface area contributed by atoms with Crippen LogP contribution < -0.4 is 0 Å². The van der Waals surface area contributed by atoms with Crippen LogP contribution in [0.2, 0.25) is 0 Å². The fraction of sp³-hybridized carbons (Fsp3) is 0.200. The van der Waals surface area contributed by atoms with Crippen LogP contribution in [0.5, 0.6) is 0 Å². The molecule has 0 N–H and O–H groups in total. The maximum atomic E-state index is 6.87. The highest BCUT2D eigenvalue weighted by Gasteiger charge is 1.88. The highest BCUT2D eigenvalue weighted by Crippen LogP contribution is 2.03. The topological polar surface area (TPSA) is 0 Å². The molecule has 0 heterocycles. The SMILES string of the molecule is [C]#Cc1cccc(CC)c1. The fourth-order valence-corrected chi connectivity index (χ4v) is 0.869. The zero-order valence-electron chi connectivity index (χ0n) is 6.02. The molecule has 49 valence electrons. The minimum absolute atomic E-state index is 0.861. The van der Waals surface area contributed by atoms with Gasteiger partial charge in [-0.3, -0.25) is 0 Å². The summed E-state index contributed by atoms with van der Waals surface area (Å²) in [4.78, 5) is 0. The second-order valence-electron chi connectivity index (χ2n) is 2.18. The average molecular weight is 129 g/mol. The molecule has 1 rings (SSSR count). The van der Waals surface area contributed by atoms with Gasteiger partial charge in [-0.1, -0.05) is 25.0 Å². The van der Waals surface area contributed by atoms with Crippen molar-refractivity contribution in [1.82, 2.24) is 0 Å². The number of aryl methyl sites for hydroxylation is 1. The lowest BCUT2D eigenvalue weighted by atomic mass is 10.1. The number of rotatable bonds is 1. The van der Waals surface area contributed by atoms with Gasteiger partial charge in [-0.05, 0) is 30.5 Å². The summed E-state index contributed by atoms with van der Waals surface area (Å²) in [6.07, 6.45) is 7.89. The van der Waals surface area contributed by atoms with Gasteiger partial charge in [0.2, 0.25) is 0 Å². The molecule has 0 spiro atoms. The summed E-state index contributed by atoms with van der Waals surface area (Å²) in [7, 11) is 0. The van der Waals surface area contributed by atoms with Crippen molar-refractivity contribution in [2.75, 3.05) is 0 Å². The second-order valence-corrected chi connectivity index (χ2v) is 2.18. The van der Waals surface area contributed by atoms with E-state index in [0.717, 1.165) is 12.0 Å². The molecule has 0 nitrogen and oxygen atoms in total. The Labute approximate surface area is 61.9 Å². The monoisotopic (exact) mass is 129 g/mol. The van der Waals surface area contributed by atoms with E-state index in [2.05, 4.69) is 18.9 Å². The van der Waals surface area contributed by atoms with Crippen molar-refractivity contribution in [3.63, 3.8) is 0 Å². The predicted molar refractivity (Wildman–Crippen MR) is 42.1 cm³/mol. The van der Waals surface area contributed by atoms with E-state index in [9.17, 15) is 0 Å². The summed E-state index contributed by atoms with van der Waals surface area (Å²) in [5.74, 6) is 2.35. The van der Waals surface area contributed by atoms with Gasteiger partial charge in [0.05, 0.1) is 0 Å². The quantitative estimate of drug-likeness (QED) is 0.510. The van der Waals surface area contributed by atoms with Gasteiger partial charge in [0, 0.05) is 5.56 Å². The van der Waals surface area contributed by atoms with Gasteiger partial charge in [0.15, 0.2) is 0 Å². The number of hydrogen-bond acceptors (Lipinski definition) is 0. The van der Waals surface area contributed by atoms with E-state index in [1.165, 1.54) is 5.56 Å². The van der Waals surface area contributed by atoms with Crippen LogP contribution in [0, 0.1) is 12.3 Å². The van der Waals surface area contributed by atoms with Gasteiger partial charge in [0.25, 0.3) is 0 Å². The van der Waals surface area contributed by atoms with Crippen LogP contribution in [0.25, 0.3) is 0 Å². The van der Waals surface area contributed by atoms with E-state index in [-0.39, 0.29) is 0 Å². The normalized spacial score (nSPS) is 8.80. The summed E-state index contributed by atoms with van der Waals surface area (Å²) >= 11 is 0. The van der Waals surface area contributed by atoms with Crippen LogP contribution in [0.4, 0.5) is 0 Å². The minimum atomic E-state index is 0.861. The molecule has 0 fully saturated rings. The summed E-state index contributed by atoms with van der Waals surface area (Å²) in [6.45, 7) is 2.10. The van der Waals surface area contributed by atoms with Crippen molar-refractivity contribution in [2.45, 2.75) is 13.3 Å². The first-order valence-corrected chi connectivity index (χ1v) is 3.38. The van der Waals surface area contributed by atoms with Gasteiger partial charge in [-0.15, -0.1) is 0 Å². The molecule has 0 bridgehead atoms. The lowest BCUT2D eigenvalue weighted by molar-refractivity contribution is 1.14. The third-order valence-electron chi connectivity index (χ3n) is 1.48. The molecule has 1 aromatic rings. The van der Waals surface area contributed by atoms with E-state index >= 15 is 0 Å². The zero-order valence-corrected chi connectivity index (χ0v) is 6.02. The van der Waals surface area contributed by atoms with Gasteiger partial charge < -0.3 is 0 Å². The molecule has 0 atom stereocenters. The van der Waals surface area contributed by atoms with Crippen LogP contribution in [0.1, 0.15) is 18.1 Å². The molecule has 0 aromatic heterocycles. The molecule has 0 unspecified atom stereocenters. The summed E-state index contributed by atoms with van der Waals surface area (Å²) < 4.78 is 0. The highest BCUT2D eigenvalue weighted by molar-refractivity contribution is 5.33. The molecule has 1 aromatic carbocycles. The lowest BCUT2D eigenvalue weighted by Gasteiger charge is -1.94. The average Bonchev–Trinajstić information content (AvgIpc) is 2.05. The molecule has 0 aliphatic heterocycles. The van der Waals surface area contributed by atoms with Crippen molar-refractivity contribution in [3.8, 4) is 5.92 Å². The van der Waals surface area contributed by atoms with Crippen molar-refractivity contribution >= 4 is 0 Å². The van der Waals surface area contributed by atoms with Gasteiger partial charge in [-0.2, -0.15) is 0 Å².